The van der Waals surface area contributed by atoms with Gasteiger partial charge in [0.1, 0.15) is 5.75 Å². The Labute approximate surface area is 187 Å². The highest BCUT2D eigenvalue weighted by Crippen LogP contribution is 2.53. The highest BCUT2D eigenvalue weighted by molar-refractivity contribution is 5.98. The lowest BCUT2D eigenvalue weighted by molar-refractivity contribution is -0.159. The van der Waals surface area contributed by atoms with Crippen LogP contribution in [0.3, 0.4) is 0 Å². The minimum absolute atomic E-state index is 0.0887. The second-order valence-corrected chi connectivity index (χ2v) is 8.18. The molecule has 2 aromatic rings. The largest absolute Gasteiger partial charge is 0.497 e. The molecule has 0 saturated carbocycles. The number of carbonyl (C=O) groups excluding carboxylic acids is 1. The van der Waals surface area contributed by atoms with E-state index in [1.807, 2.05) is 19.0 Å². The molecule has 3 atom stereocenters. The number of hydrogen-bond acceptors (Lipinski definition) is 3. The van der Waals surface area contributed by atoms with E-state index in [1.54, 1.807) is 42.5 Å². The van der Waals surface area contributed by atoms with Crippen LogP contribution in [0, 0.1) is 18.3 Å². The molecule has 32 heavy (non-hydrogen) atoms. The van der Waals surface area contributed by atoms with Crippen LogP contribution in [-0.2, 0) is 4.79 Å². The average Bonchev–Trinajstić information content (AvgIpc) is 2.85. The van der Waals surface area contributed by atoms with Gasteiger partial charge in [-0.2, -0.15) is 13.2 Å². The molecule has 0 N–H and O–H groups in total. The molecule has 3 unspecified atom stereocenters. The number of fused-ring (bicyclic) bond motifs is 1. The standard InChI is InChI=1S/C25H27F3N2O2/c1-5-8-20-22(17-11-13-18(32-4)14-12-17)23(25(26,27)28)19-9-6-7-10-21(19)30(24(20)31)16-15-29(2)3/h1,6-7,9-14,20,22-23H,8,15-16H2,2-4H3. The number of halogens is 3. The first-order chi connectivity index (χ1) is 15.2. The summed E-state index contributed by atoms with van der Waals surface area (Å²) >= 11 is 0. The molecule has 7 heteroatoms. The summed E-state index contributed by atoms with van der Waals surface area (Å²) in [5.41, 5.74) is 0.790. The van der Waals surface area contributed by atoms with Crippen molar-refractivity contribution in [3.63, 3.8) is 0 Å². The summed E-state index contributed by atoms with van der Waals surface area (Å²) in [6, 6.07) is 12.7. The molecule has 0 radical (unpaired) electrons. The minimum atomic E-state index is -4.58. The number of para-hydroxylation sites is 1. The Morgan fingerprint density at radius 3 is 2.34 bits per heavy atom. The lowest BCUT2D eigenvalue weighted by Gasteiger charge is -2.32. The van der Waals surface area contributed by atoms with Crippen molar-refractivity contribution in [3.8, 4) is 18.1 Å². The molecule has 0 saturated heterocycles. The maximum absolute atomic E-state index is 14.6. The first kappa shape index (κ1) is 23.7. The normalized spacial score (nSPS) is 21.1. The van der Waals surface area contributed by atoms with E-state index >= 15 is 0 Å². The van der Waals surface area contributed by atoms with E-state index in [4.69, 9.17) is 11.2 Å². The van der Waals surface area contributed by atoms with Crippen LogP contribution in [0.4, 0.5) is 18.9 Å². The van der Waals surface area contributed by atoms with Crippen molar-refractivity contribution in [1.29, 1.82) is 0 Å². The number of rotatable bonds is 6. The van der Waals surface area contributed by atoms with Crippen molar-refractivity contribution >= 4 is 11.6 Å². The van der Waals surface area contributed by atoms with Gasteiger partial charge in [0.15, 0.2) is 0 Å². The van der Waals surface area contributed by atoms with Crippen molar-refractivity contribution in [2.24, 2.45) is 5.92 Å². The van der Waals surface area contributed by atoms with Gasteiger partial charge in [0.25, 0.3) is 0 Å². The van der Waals surface area contributed by atoms with Gasteiger partial charge in [0.2, 0.25) is 5.91 Å². The Bertz CT molecular complexity index is 980. The number of terminal acetylenes is 1. The number of hydrogen-bond donors (Lipinski definition) is 0. The summed E-state index contributed by atoms with van der Waals surface area (Å²) in [6.45, 7) is 0.774. The second kappa shape index (κ2) is 9.66. The number of carbonyl (C=O) groups is 1. The van der Waals surface area contributed by atoms with E-state index < -0.39 is 23.9 Å². The van der Waals surface area contributed by atoms with Gasteiger partial charge >= 0.3 is 6.18 Å². The molecule has 1 heterocycles. The molecule has 0 aliphatic carbocycles. The summed E-state index contributed by atoms with van der Waals surface area (Å²) in [6.07, 6.45) is 0.889. The Balaban J connectivity index is 2.25. The van der Waals surface area contributed by atoms with E-state index in [0.717, 1.165) is 0 Å². The zero-order chi connectivity index (χ0) is 23.5. The topological polar surface area (TPSA) is 32.8 Å². The predicted molar refractivity (Wildman–Crippen MR) is 119 cm³/mol. The molecule has 170 valence electrons. The Morgan fingerprint density at radius 1 is 1.12 bits per heavy atom. The molecule has 4 nitrogen and oxygen atoms in total. The first-order valence-corrected chi connectivity index (χ1v) is 10.4. The van der Waals surface area contributed by atoms with Gasteiger partial charge in [0.05, 0.1) is 18.9 Å². The fourth-order valence-electron chi connectivity index (χ4n) is 4.40. The van der Waals surface area contributed by atoms with Gasteiger partial charge in [-0.25, -0.2) is 0 Å². The lowest BCUT2D eigenvalue weighted by Crippen LogP contribution is -2.41. The molecular weight excluding hydrogens is 417 g/mol. The third-order valence-electron chi connectivity index (χ3n) is 5.90. The second-order valence-electron chi connectivity index (χ2n) is 8.18. The number of anilines is 1. The molecule has 1 amide bonds. The van der Waals surface area contributed by atoms with Crippen molar-refractivity contribution in [2.45, 2.75) is 24.4 Å². The summed E-state index contributed by atoms with van der Waals surface area (Å²) in [7, 11) is 5.19. The quantitative estimate of drug-likeness (QED) is 0.607. The van der Waals surface area contributed by atoms with Gasteiger partial charge in [-0.3, -0.25) is 4.79 Å². The zero-order valence-electron chi connectivity index (χ0n) is 18.4. The molecule has 0 bridgehead atoms. The maximum Gasteiger partial charge on any atom is 0.396 e. The van der Waals surface area contributed by atoms with Crippen LogP contribution in [0.15, 0.2) is 48.5 Å². The van der Waals surface area contributed by atoms with Gasteiger partial charge in [-0.05, 0) is 43.4 Å². The van der Waals surface area contributed by atoms with Crippen molar-refractivity contribution in [3.05, 3.63) is 59.7 Å². The fourth-order valence-corrected chi connectivity index (χ4v) is 4.40. The number of alkyl halides is 3. The van der Waals surface area contributed by atoms with Gasteiger partial charge < -0.3 is 14.5 Å². The van der Waals surface area contributed by atoms with Crippen LogP contribution >= 0.6 is 0 Å². The average molecular weight is 444 g/mol. The first-order valence-electron chi connectivity index (χ1n) is 10.4. The minimum Gasteiger partial charge on any atom is -0.497 e. The molecule has 0 fully saturated rings. The highest BCUT2D eigenvalue weighted by Gasteiger charge is 2.53. The summed E-state index contributed by atoms with van der Waals surface area (Å²) in [5.74, 6) is -1.46. The molecule has 0 aromatic heterocycles. The Hall–Kier alpha value is -2.98. The number of benzene rings is 2. The Morgan fingerprint density at radius 2 is 1.78 bits per heavy atom. The Kier molecular flexibility index (Phi) is 7.15. The van der Waals surface area contributed by atoms with Crippen molar-refractivity contribution in [1.82, 2.24) is 4.90 Å². The smallest absolute Gasteiger partial charge is 0.396 e. The van der Waals surface area contributed by atoms with E-state index in [9.17, 15) is 18.0 Å². The van der Waals surface area contributed by atoms with E-state index in [1.165, 1.54) is 18.1 Å². The third kappa shape index (κ3) is 4.76. The summed E-state index contributed by atoms with van der Waals surface area (Å²) in [5, 5.41) is 0. The van der Waals surface area contributed by atoms with Crippen LogP contribution in [0.1, 0.15) is 29.4 Å². The SMILES string of the molecule is C#CCC1C(=O)N(CCN(C)C)c2ccccc2C(C(F)(F)F)C1c1ccc(OC)cc1. The number of methoxy groups -OCH3 is 1. The van der Waals surface area contributed by atoms with Gasteiger partial charge in [-0.1, -0.05) is 30.3 Å². The molecule has 1 aliphatic rings. The van der Waals surface area contributed by atoms with Crippen LogP contribution in [-0.4, -0.2) is 51.3 Å². The zero-order valence-corrected chi connectivity index (χ0v) is 18.4. The van der Waals surface area contributed by atoms with Crippen LogP contribution in [0.2, 0.25) is 0 Å². The number of amides is 1. The van der Waals surface area contributed by atoms with Crippen molar-refractivity contribution < 1.29 is 22.7 Å². The van der Waals surface area contributed by atoms with Gasteiger partial charge in [0, 0.05) is 31.1 Å². The van der Waals surface area contributed by atoms with Crippen LogP contribution in [0.25, 0.3) is 0 Å². The highest BCUT2D eigenvalue weighted by atomic mass is 19.4. The molecular formula is C25H27F3N2O2. The monoisotopic (exact) mass is 444 g/mol. The number of likely N-dealkylation sites (N-methyl/N-ethyl adjacent to an activating group) is 1. The fraction of sp³-hybridized carbons (Fsp3) is 0.400. The lowest BCUT2D eigenvalue weighted by atomic mass is 9.72. The maximum atomic E-state index is 14.6. The van der Waals surface area contributed by atoms with Crippen LogP contribution in [0.5, 0.6) is 5.75 Å². The third-order valence-corrected chi connectivity index (χ3v) is 5.90. The molecule has 0 spiro atoms. The van der Waals surface area contributed by atoms with Gasteiger partial charge in [-0.15, -0.1) is 12.3 Å². The summed E-state index contributed by atoms with van der Waals surface area (Å²) < 4.78 is 49.1. The number of ether oxygens (including phenoxy) is 1. The van der Waals surface area contributed by atoms with Crippen LogP contribution < -0.4 is 9.64 Å². The summed E-state index contributed by atoms with van der Waals surface area (Å²) in [4.78, 5) is 17.1. The molecule has 2 aromatic carbocycles. The van der Waals surface area contributed by atoms with E-state index in [-0.39, 0.29) is 24.4 Å². The predicted octanol–water partition coefficient (Wildman–Crippen LogP) is 4.67. The number of nitrogens with zero attached hydrogens (tertiary/aromatic N) is 2. The van der Waals surface area contributed by atoms with Crippen molar-refractivity contribution in [2.75, 3.05) is 39.2 Å². The van der Waals surface area contributed by atoms with E-state index in [2.05, 4.69) is 5.92 Å². The molecule has 1 aliphatic heterocycles. The molecule has 3 rings (SSSR count). The van der Waals surface area contributed by atoms with E-state index in [0.29, 0.717) is 23.5 Å².